The van der Waals surface area contributed by atoms with Crippen LogP contribution in [0.5, 0.6) is 11.5 Å². The van der Waals surface area contributed by atoms with Crippen molar-refractivity contribution in [3.63, 3.8) is 0 Å². The molecule has 0 aromatic heterocycles. The molecule has 1 aromatic carbocycles. The largest absolute Gasteiger partial charge is 0.490 e. The first-order chi connectivity index (χ1) is 8.22. The third-order valence-corrected chi connectivity index (χ3v) is 2.57. The molecule has 3 N–H and O–H groups in total. The van der Waals surface area contributed by atoms with Crippen LogP contribution in [0.25, 0.3) is 0 Å². The molecular formula is C12H15NO4. The Bertz CT molecular complexity index is 419. The van der Waals surface area contributed by atoms with Crippen molar-refractivity contribution in [3.05, 3.63) is 23.8 Å². The van der Waals surface area contributed by atoms with Gasteiger partial charge >= 0.3 is 0 Å². The second-order valence-corrected chi connectivity index (χ2v) is 3.87. The van der Waals surface area contributed by atoms with Crippen molar-refractivity contribution in [2.24, 2.45) is 5.73 Å². The lowest BCUT2D eigenvalue weighted by Crippen LogP contribution is -2.33. The zero-order valence-electron chi connectivity index (χ0n) is 9.39. The highest BCUT2D eigenvalue weighted by atomic mass is 16.5. The fourth-order valence-electron chi connectivity index (χ4n) is 1.61. The Labute approximate surface area is 99.1 Å². The lowest BCUT2D eigenvalue weighted by molar-refractivity contribution is 0.0925. The fraction of sp³-hybridized carbons (Fsp3) is 0.417. The van der Waals surface area contributed by atoms with Crippen molar-refractivity contribution in [2.45, 2.75) is 12.5 Å². The third-order valence-electron chi connectivity index (χ3n) is 2.57. The summed E-state index contributed by atoms with van der Waals surface area (Å²) < 4.78 is 10.9. The van der Waals surface area contributed by atoms with E-state index < -0.39 is 6.04 Å². The lowest BCUT2D eigenvalue weighted by atomic mass is 10.0. The van der Waals surface area contributed by atoms with Gasteiger partial charge < -0.3 is 20.3 Å². The van der Waals surface area contributed by atoms with E-state index in [-0.39, 0.29) is 12.4 Å². The quantitative estimate of drug-likeness (QED) is 0.741. The van der Waals surface area contributed by atoms with Crippen LogP contribution in [0.4, 0.5) is 0 Å². The van der Waals surface area contributed by atoms with Gasteiger partial charge in [0.05, 0.1) is 25.9 Å². The zero-order valence-corrected chi connectivity index (χ0v) is 9.39. The minimum Gasteiger partial charge on any atom is -0.490 e. The second kappa shape index (κ2) is 5.16. The van der Waals surface area contributed by atoms with E-state index in [2.05, 4.69) is 0 Å². The fourth-order valence-corrected chi connectivity index (χ4v) is 1.61. The molecule has 0 radical (unpaired) electrons. The van der Waals surface area contributed by atoms with E-state index in [0.717, 1.165) is 6.42 Å². The van der Waals surface area contributed by atoms with Crippen LogP contribution in [0, 0.1) is 0 Å². The molecule has 1 aliphatic heterocycles. The summed E-state index contributed by atoms with van der Waals surface area (Å²) in [5.74, 6) is 0.887. The van der Waals surface area contributed by atoms with Crippen molar-refractivity contribution in [1.82, 2.24) is 0 Å². The molecular weight excluding hydrogens is 222 g/mol. The van der Waals surface area contributed by atoms with Crippen LogP contribution in [0.15, 0.2) is 18.2 Å². The normalized spacial score (nSPS) is 16.1. The van der Waals surface area contributed by atoms with Gasteiger partial charge in [0.25, 0.3) is 0 Å². The minimum absolute atomic E-state index is 0.303. The van der Waals surface area contributed by atoms with Crippen LogP contribution in [-0.2, 0) is 0 Å². The Kier molecular flexibility index (Phi) is 3.61. The van der Waals surface area contributed by atoms with E-state index >= 15 is 0 Å². The standard InChI is InChI=1S/C12H15NO4/c13-9(7-14)12(15)8-2-3-10-11(6-8)17-5-1-4-16-10/h2-3,6,9,14H,1,4-5,7,13H2. The molecule has 1 aromatic rings. The van der Waals surface area contributed by atoms with Crippen LogP contribution in [-0.4, -0.2) is 36.8 Å². The van der Waals surface area contributed by atoms with Crippen molar-refractivity contribution in [3.8, 4) is 11.5 Å². The number of nitrogens with two attached hydrogens (primary N) is 1. The van der Waals surface area contributed by atoms with Crippen molar-refractivity contribution in [2.75, 3.05) is 19.8 Å². The van der Waals surface area contributed by atoms with Gasteiger partial charge in [-0.25, -0.2) is 0 Å². The number of hydrogen-bond donors (Lipinski definition) is 2. The topological polar surface area (TPSA) is 81.8 Å². The van der Waals surface area contributed by atoms with E-state index in [9.17, 15) is 4.79 Å². The Morgan fingerprint density at radius 1 is 1.35 bits per heavy atom. The molecule has 1 aliphatic rings. The summed E-state index contributed by atoms with van der Waals surface area (Å²) in [7, 11) is 0. The molecule has 2 rings (SSSR count). The van der Waals surface area contributed by atoms with Crippen molar-refractivity contribution >= 4 is 5.78 Å². The van der Waals surface area contributed by atoms with Gasteiger partial charge in [-0.3, -0.25) is 4.79 Å². The molecule has 0 bridgehead atoms. The van der Waals surface area contributed by atoms with E-state index in [1.165, 1.54) is 0 Å². The van der Waals surface area contributed by atoms with E-state index in [1.807, 2.05) is 0 Å². The third kappa shape index (κ3) is 2.57. The molecule has 1 atom stereocenters. The van der Waals surface area contributed by atoms with Crippen molar-refractivity contribution in [1.29, 1.82) is 0 Å². The number of aliphatic hydroxyl groups excluding tert-OH is 1. The summed E-state index contributed by atoms with van der Waals surface area (Å²) in [5, 5.41) is 8.85. The molecule has 0 amide bonds. The van der Waals surface area contributed by atoms with E-state index in [0.29, 0.717) is 30.3 Å². The average molecular weight is 237 g/mol. The molecule has 0 saturated heterocycles. The highest BCUT2D eigenvalue weighted by Gasteiger charge is 2.18. The number of ketones is 1. The smallest absolute Gasteiger partial charge is 0.181 e. The molecule has 1 unspecified atom stereocenters. The van der Waals surface area contributed by atoms with Crippen LogP contribution in [0.3, 0.4) is 0 Å². The number of hydrogen-bond acceptors (Lipinski definition) is 5. The summed E-state index contributed by atoms with van der Waals surface area (Å²) in [5.41, 5.74) is 5.91. The molecule has 0 spiro atoms. The van der Waals surface area contributed by atoms with Crippen molar-refractivity contribution < 1.29 is 19.4 Å². The van der Waals surface area contributed by atoms with Gasteiger partial charge in [-0.05, 0) is 18.2 Å². The number of fused-ring (bicyclic) bond motifs is 1. The molecule has 92 valence electrons. The highest BCUT2D eigenvalue weighted by molar-refractivity contribution is 6.00. The number of Topliss-reactive ketones (excluding diaryl/α,β-unsaturated/α-hetero) is 1. The van der Waals surface area contributed by atoms with Crippen LogP contribution < -0.4 is 15.2 Å². The minimum atomic E-state index is -0.889. The van der Waals surface area contributed by atoms with Gasteiger partial charge in [0, 0.05) is 12.0 Å². The number of carbonyl (C=O) groups is 1. The Morgan fingerprint density at radius 3 is 2.76 bits per heavy atom. The SMILES string of the molecule is NC(CO)C(=O)c1ccc2c(c1)OCCCO2. The van der Waals surface area contributed by atoms with Gasteiger partial charge in [0.1, 0.15) is 0 Å². The summed E-state index contributed by atoms with van der Waals surface area (Å²) >= 11 is 0. The maximum Gasteiger partial charge on any atom is 0.181 e. The number of rotatable bonds is 3. The summed E-state index contributed by atoms with van der Waals surface area (Å²) in [6.07, 6.45) is 0.814. The summed E-state index contributed by atoms with van der Waals surface area (Å²) in [6.45, 7) is 0.806. The molecule has 17 heavy (non-hydrogen) atoms. The monoisotopic (exact) mass is 237 g/mol. The summed E-state index contributed by atoms with van der Waals surface area (Å²) in [6, 6.07) is 4.04. The lowest BCUT2D eigenvalue weighted by Gasteiger charge is -2.11. The number of ether oxygens (including phenoxy) is 2. The Balaban J connectivity index is 2.26. The van der Waals surface area contributed by atoms with Crippen LogP contribution in [0.2, 0.25) is 0 Å². The number of carbonyl (C=O) groups excluding carboxylic acids is 1. The van der Waals surface area contributed by atoms with Gasteiger partial charge in [-0.1, -0.05) is 0 Å². The van der Waals surface area contributed by atoms with Gasteiger partial charge in [-0.2, -0.15) is 0 Å². The molecule has 5 heteroatoms. The first-order valence-corrected chi connectivity index (χ1v) is 5.52. The van der Waals surface area contributed by atoms with Gasteiger partial charge in [0.15, 0.2) is 17.3 Å². The molecule has 1 heterocycles. The maximum absolute atomic E-state index is 11.8. The molecule has 0 aliphatic carbocycles. The number of benzene rings is 1. The Hall–Kier alpha value is -1.59. The molecule has 0 saturated carbocycles. The summed E-state index contributed by atoms with van der Waals surface area (Å²) in [4.78, 5) is 11.8. The Morgan fingerprint density at radius 2 is 2.06 bits per heavy atom. The van der Waals surface area contributed by atoms with Crippen LogP contribution >= 0.6 is 0 Å². The predicted octanol–water partition coefficient (Wildman–Crippen LogP) is 0.350. The first-order valence-electron chi connectivity index (χ1n) is 5.52. The van der Waals surface area contributed by atoms with E-state index in [4.69, 9.17) is 20.3 Å². The van der Waals surface area contributed by atoms with Gasteiger partial charge in [0.2, 0.25) is 0 Å². The maximum atomic E-state index is 11.8. The first kappa shape index (κ1) is 11.9. The van der Waals surface area contributed by atoms with Gasteiger partial charge in [-0.15, -0.1) is 0 Å². The van der Waals surface area contributed by atoms with Crippen LogP contribution in [0.1, 0.15) is 16.8 Å². The number of aliphatic hydroxyl groups is 1. The van der Waals surface area contributed by atoms with E-state index in [1.54, 1.807) is 18.2 Å². The predicted molar refractivity (Wildman–Crippen MR) is 61.4 cm³/mol. The zero-order chi connectivity index (χ0) is 12.3. The molecule has 5 nitrogen and oxygen atoms in total. The molecule has 0 fully saturated rings. The second-order valence-electron chi connectivity index (χ2n) is 3.87. The average Bonchev–Trinajstić information content (AvgIpc) is 2.61. The highest BCUT2D eigenvalue weighted by Crippen LogP contribution is 2.30.